The molecule has 0 fully saturated rings. The Morgan fingerprint density at radius 1 is 1.11 bits per heavy atom. The molecule has 0 amide bonds. The molecule has 2 heterocycles. The van der Waals surface area contributed by atoms with Crippen molar-refractivity contribution in [1.29, 1.82) is 0 Å². The molecule has 1 aromatic heterocycles. The van der Waals surface area contributed by atoms with E-state index in [9.17, 15) is 36.2 Å². The summed E-state index contributed by atoms with van der Waals surface area (Å²) in [6.45, 7) is 1.06. The molecule has 3 aromatic rings. The first-order valence-corrected chi connectivity index (χ1v) is 10.6. The van der Waals surface area contributed by atoms with E-state index in [1.54, 1.807) is 17.9 Å². The van der Waals surface area contributed by atoms with Gasteiger partial charge in [0, 0.05) is 29.4 Å². The molecule has 1 atom stereocenters. The van der Waals surface area contributed by atoms with E-state index in [1.165, 1.54) is 18.2 Å². The molecular formula is C25H18F6N2O3. The van der Waals surface area contributed by atoms with E-state index in [-0.39, 0.29) is 34.6 Å². The average Bonchev–Trinajstić information content (AvgIpc) is 3.19. The molecule has 0 bridgehead atoms. The van der Waals surface area contributed by atoms with Gasteiger partial charge in [-0.05, 0) is 43.7 Å². The van der Waals surface area contributed by atoms with Crippen molar-refractivity contribution in [3.05, 3.63) is 94.4 Å². The van der Waals surface area contributed by atoms with Crippen molar-refractivity contribution in [1.82, 2.24) is 4.98 Å². The maximum absolute atomic E-state index is 14.1. The van der Waals surface area contributed by atoms with Gasteiger partial charge in [-0.1, -0.05) is 12.1 Å². The SMILES string of the molecule is CC1CC=C(c2cc(C(F)(F)F)ccc2OCc2c(F)cc(F)cc2F)N1c1cccc(C(=O)O)n1. The summed E-state index contributed by atoms with van der Waals surface area (Å²) in [6.07, 6.45) is -2.66. The van der Waals surface area contributed by atoms with E-state index in [0.29, 0.717) is 18.6 Å². The first-order valence-electron chi connectivity index (χ1n) is 10.6. The normalized spacial score (nSPS) is 15.7. The molecule has 1 unspecified atom stereocenters. The lowest BCUT2D eigenvalue weighted by Gasteiger charge is -2.28. The molecule has 0 saturated carbocycles. The molecule has 11 heteroatoms. The van der Waals surface area contributed by atoms with Crippen molar-refractivity contribution in [2.24, 2.45) is 0 Å². The van der Waals surface area contributed by atoms with Crippen molar-refractivity contribution in [2.75, 3.05) is 4.90 Å². The fourth-order valence-electron chi connectivity index (χ4n) is 3.88. The van der Waals surface area contributed by atoms with Crippen LogP contribution in [0, 0.1) is 17.5 Å². The molecule has 0 radical (unpaired) electrons. The van der Waals surface area contributed by atoms with E-state index < -0.39 is 47.3 Å². The van der Waals surface area contributed by atoms with Gasteiger partial charge < -0.3 is 14.7 Å². The quantitative estimate of drug-likeness (QED) is 0.389. The number of rotatable bonds is 6. The molecule has 1 aliphatic heterocycles. The van der Waals surface area contributed by atoms with E-state index in [2.05, 4.69) is 4.98 Å². The molecule has 0 spiro atoms. The van der Waals surface area contributed by atoms with Gasteiger partial charge in [-0.3, -0.25) is 0 Å². The minimum Gasteiger partial charge on any atom is -0.488 e. The lowest BCUT2D eigenvalue weighted by molar-refractivity contribution is -0.137. The first kappa shape index (κ1) is 25.1. The highest BCUT2D eigenvalue weighted by Gasteiger charge is 2.34. The fraction of sp³-hybridized carbons (Fsp3) is 0.200. The summed E-state index contributed by atoms with van der Waals surface area (Å²) >= 11 is 0. The fourth-order valence-corrected chi connectivity index (χ4v) is 3.88. The standard InChI is InChI=1S/C25H18F6N2O3/c1-13-5-7-21(33(13)23-4-2-3-20(32-23)24(34)35)16-9-14(25(29,30)31)6-8-22(16)36-12-17-18(27)10-15(26)11-19(17)28/h2-4,6-11,13H,5,12H2,1H3,(H,34,35). The van der Waals surface area contributed by atoms with E-state index in [0.717, 1.165) is 18.2 Å². The Hall–Kier alpha value is -4.02. The summed E-state index contributed by atoms with van der Waals surface area (Å²) in [5, 5.41) is 9.29. The Balaban J connectivity index is 1.77. The van der Waals surface area contributed by atoms with Crippen molar-refractivity contribution in [3.63, 3.8) is 0 Å². The van der Waals surface area contributed by atoms with Crippen molar-refractivity contribution in [2.45, 2.75) is 32.2 Å². The molecule has 0 saturated heterocycles. The predicted octanol–water partition coefficient (Wildman–Crippen LogP) is 6.43. The Labute approximate surface area is 201 Å². The zero-order valence-electron chi connectivity index (χ0n) is 18.6. The molecule has 2 aromatic carbocycles. The van der Waals surface area contributed by atoms with Crippen molar-refractivity contribution >= 4 is 17.5 Å². The summed E-state index contributed by atoms with van der Waals surface area (Å²) in [4.78, 5) is 17.0. The number of carboxylic acids is 1. The molecule has 36 heavy (non-hydrogen) atoms. The first-order chi connectivity index (χ1) is 17.0. The van der Waals surface area contributed by atoms with Crippen molar-refractivity contribution < 1.29 is 41.0 Å². The molecule has 4 rings (SSSR count). The van der Waals surface area contributed by atoms with Gasteiger partial charge in [0.2, 0.25) is 0 Å². The summed E-state index contributed by atoms with van der Waals surface area (Å²) in [6, 6.07) is 7.52. The number of halogens is 6. The number of nitrogens with zero attached hydrogens (tertiary/aromatic N) is 2. The number of alkyl halides is 3. The number of pyridine rings is 1. The van der Waals surface area contributed by atoms with E-state index in [4.69, 9.17) is 4.74 Å². The number of aromatic nitrogens is 1. The van der Waals surface area contributed by atoms with Gasteiger partial charge in [-0.2, -0.15) is 13.2 Å². The summed E-state index contributed by atoms with van der Waals surface area (Å²) in [5.41, 5.74) is -1.63. The van der Waals surface area contributed by atoms with Crippen LogP contribution in [0.25, 0.3) is 5.70 Å². The van der Waals surface area contributed by atoms with Gasteiger partial charge >= 0.3 is 12.1 Å². The van der Waals surface area contributed by atoms with Gasteiger partial charge in [0.05, 0.1) is 11.1 Å². The second-order valence-electron chi connectivity index (χ2n) is 8.08. The molecule has 5 nitrogen and oxygen atoms in total. The van der Waals surface area contributed by atoms with Crippen LogP contribution in [0.3, 0.4) is 0 Å². The minimum absolute atomic E-state index is 0.0420. The molecular weight excluding hydrogens is 490 g/mol. The second kappa shape index (κ2) is 9.56. The molecule has 1 aliphatic rings. The lowest BCUT2D eigenvalue weighted by atomic mass is 10.1. The number of benzene rings is 2. The predicted molar refractivity (Wildman–Crippen MR) is 118 cm³/mol. The lowest BCUT2D eigenvalue weighted by Crippen LogP contribution is -2.28. The number of carboxylic acid groups (broad SMARTS) is 1. The Morgan fingerprint density at radius 2 is 1.81 bits per heavy atom. The molecule has 1 N–H and O–H groups in total. The Kier molecular flexibility index (Phi) is 6.66. The average molecular weight is 508 g/mol. The number of aromatic carboxylic acids is 1. The maximum Gasteiger partial charge on any atom is 0.416 e. The zero-order valence-corrected chi connectivity index (χ0v) is 18.6. The highest BCUT2D eigenvalue weighted by atomic mass is 19.4. The van der Waals surface area contributed by atoms with Gasteiger partial charge in [-0.15, -0.1) is 0 Å². The van der Waals surface area contributed by atoms with Gasteiger partial charge in [-0.25, -0.2) is 22.9 Å². The maximum atomic E-state index is 14.1. The third-order valence-corrected chi connectivity index (χ3v) is 5.61. The Bertz CT molecular complexity index is 1330. The number of anilines is 1. The van der Waals surface area contributed by atoms with Crippen LogP contribution < -0.4 is 9.64 Å². The minimum atomic E-state index is -4.69. The van der Waals surface area contributed by atoms with Gasteiger partial charge in [0.25, 0.3) is 0 Å². The number of hydrogen-bond donors (Lipinski definition) is 1. The van der Waals surface area contributed by atoms with Crippen LogP contribution in [-0.4, -0.2) is 22.1 Å². The van der Waals surface area contributed by atoms with Crippen LogP contribution in [0.1, 0.15) is 40.5 Å². The molecule has 188 valence electrons. The Morgan fingerprint density at radius 3 is 2.44 bits per heavy atom. The third-order valence-electron chi connectivity index (χ3n) is 5.61. The summed E-state index contributed by atoms with van der Waals surface area (Å²) < 4.78 is 87.5. The van der Waals surface area contributed by atoms with Crippen LogP contribution in [-0.2, 0) is 12.8 Å². The largest absolute Gasteiger partial charge is 0.488 e. The molecule has 0 aliphatic carbocycles. The second-order valence-corrected chi connectivity index (χ2v) is 8.08. The zero-order chi connectivity index (χ0) is 26.2. The van der Waals surface area contributed by atoms with Crippen LogP contribution >= 0.6 is 0 Å². The van der Waals surface area contributed by atoms with Crippen LogP contribution in [0.4, 0.5) is 32.2 Å². The van der Waals surface area contributed by atoms with E-state index >= 15 is 0 Å². The number of carbonyl (C=O) groups is 1. The number of ether oxygens (including phenoxy) is 1. The van der Waals surface area contributed by atoms with Crippen LogP contribution in [0.15, 0.2) is 54.6 Å². The van der Waals surface area contributed by atoms with Crippen molar-refractivity contribution in [3.8, 4) is 5.75 Å². The number of hydrogen-bond acceptors (Lipinski definition) is 4. The summed E-state index contributed by atoms with van der Waals surface area (Å²) in [5.74, 6) is -4.74. The van der Waals surface area contributed by atoms with Crippen LogP contribution in [0.5, 0.6) is 5.75 Å². The van der Waals surface area contributed by atoms with Gasteiger partial charge in [0.15, 0.2) is 5.69 Å². The topological polar surface area (TPSA) is 62.7 Å². The highest BCUT2D eigenvalue weighted by Crippen LogP contribution is 2.41. The third kappa shape index (κ3) is 5.00. The highest BCUT2D eigenvalue weighted by molar-refractivity contribution is 5.88. The monoisotopic (exact) mass is 508 g/mol. The van der Waals surface area contributed by atoms with Crippen LogP contribution in [0.2, 0.25) is 0 Å². The van der Waals surface area contributed by atoms with Gasteiger partial charge in [0.1, 0.15) is 35.6 Å². The smallest absolute Gasteiger partial charge is 0.416 e. The van der Waals surface area contributed by atoms with E-state index in [1.807, 2.05) is 0 Å². The summed E-state index contributed by atoms with van der Waals surface area (Å²) in [7, 11) is 0.